The van der Waals surface area contributed by atoms with Crippen molar-refractivity contribution in [3.05, 3.63) is 82.4 Å². The number of fused-ring (bicyclic) bond motifs is 2. The lowest BCUT2D eigenvalue weighted by Gasteiger charge is -2.35. The second-order valence-electron chi connectivity index (χ2n) is 11.9. The highest BCUT2D eigenvalue weighted by Crippen LogP contribution is 2.38. The maximum Gasteiger partial charge on any atom is 0.410 e. The molecule has 2 N–H and O–H groups in total. The highest BCUT2D eigenvalue weighted by molar-refractivity contribution is 5.77. The van der Waals surface area contributed by atoms with E-state index in [2.05, 4.69) is 26.8 Å². The SMILES string of the molecule is C=CCn1c(=O)c2cnc(Nc3ccc4c(c3)CN(C(=O)OC(C)(C)C)CC4(F)F)nc2n1-c1cccc(C(C)(C)O)n1. The zero-order valence-electron chi connectivity index (χ0n) is 24.6. The lowest BCUT2D eigenvalue weighted by molar-refractivity contribution is -0.0591. The maximum absolute atomic E-state index is 15.0. The molecule has 0 saturated heterocycles. The minimum atomic E-state index is -3.27. The van der Waals surface area contributed by atoms with E-state index >= 15 is 8.78 Å². The largest absolute Gasteiger partial charge is 0.444 e. The smallest absolute Gasteiger partial charge is 0.410 e. The van der Waals surface area contributed by atoms with Gasteiger partial charge in [0.15, 0.2) is 11.5 Å². The molecule has 1 aromatic carbocycles. The van der Waals surface area contributed by atoms with E-state index in [0.29, 0.717) is 17.2 Å². The molecule has 0 bridgehead atoms. The Bertz CT molecular complexity index is 1780. The molecule has 1 aliphatic rings. The highest BCUT2D eigenvalue weighted by Gasteiger charge is 2.43. The van der Waals surface area contributed by atoms with E-state index in [-0.39, 0.29) is 46.8 Å². The van der Waals surface area contributed by atoms with Gasteiger partial charge in [-0.3, -0.25) is 9.69 Å². The van der Waals surface area contributed by atoms with Crippen LogP contribution in [0.3, 0.4) is 0 Å². The Kier molecular flexibility index (Phi) is 7.33. The summed E-state index contributed by atoms with van der Waals surface area (Å²) in [5, 5.41) is 13.8. The third-order valence-corrected chi connectivity index (χ3v) is 6.71. The Morgan fingerprint density at radius 3 is 2.60 bits per heavy atom. The molecule has 0 spiro atoms. The first-order valence-corrected chi connectivity index (χ1v) is 13.6. The predicted octanol–water partition coefficient (Wildman–Crippen LogP) is 4.98. The summed E-state index contributed by atoms with van der Waals surface area (Å²) in [6.07, 6.45) is 2.11. The minimum absolute atomic E-state index is 0.0671. The van der Waals surface area contributed by atoms with Crippen LogP contribution in [-0.4, -0.2) is 52.6 Å². The van der Waals surface area contributed by atoms with Crippen molar-refractivity contribution >= 4 is 28.8 Å². The normalized spacial score (nSPS) is 14.8. The number of benzene rings is 1. The molecular weight excluding hydrogens is 560 g/mol. The van der Waals surface area contributed by atoms with Gasteiger partial charge in [-0.05, 0) is 64.4 Å². The van der Waals surface area contributed by atoms with Crippen molar-refractivity contribution in [3.63, 3.8) is 0 Å². The van der Waals surface area contributed by atoms with Gasteiger partial charge in [-0.15, -0.1) is 6.58 Å². The number of hydrogen-bond acceptors (Lipinski definition) is 8. The van der Waals surface area contributed by atoms with Gasteiger partial charge in [-0.25, -0.2) is 24.1 Å². The molecule has 0 fully saturated rings. The number of aromatic nitrogens is 5. The summed E-state index contributed by atoms with van der Waals surface area (Å²) in [7, 11) is 0. The van der Waals surface area contributed by atoms with Gasteiger partial charge in [0.1, 0.15) is 16.6 Å². The molecule has 3 aromatic heterocycles. The Morgan fingerprint density at radius 2 is 1.93 bits per heavy atom. The monoisotopic (exact) mass is 593 g/mol. The molecule has 0 aliphatic carbocycles. The fourth-order valence-corrected chi connectivity index (χ4v) is 4.82. The second kappa shape index (κ2) is 10.6. The number of amides is 1. The van der Waals surface area contributed by atoms with Crippen LogP contribution in [0.5, 0.6) is 0 Å². The Morgan fingerprint density at radius 1 is 1.19 bits per heavy atom. The standard InChI is InChI=1S/C30H33F2N7O4/c1-7-13-38-25(40)20-15-33-26(36-24(20)39(38)23-10-8-9-22(35-23)29(5,6)42)34-19-11-12-21-18(14-19)16-37(17-30(21,31)32)27(41)43-28(2,3)4/h7-12,14-15,42H,1,13,16-17H2,2-6H3,(H,33,34,36). The van der Waals surface area contributed by atoms with Crippen LogP contribution in [0.4, 0.5) is 25.2 Å². The number of alkyl halides is 2. The number of nitrogens with one attached hydrogen (secondary N) is 1. The molecule has 5 rings (SSSR count). The number of anilines is 2. The van der Waals surface area contributed by atoms with E-state index in [1.807, 2.05) is 0 Å². The van der Waals surface area contributed by atoms with Gasteiger partial charge in [0.05, 0.1) is 18.8 Å². The van der Waals surface area contributed by atoms with Crippen LogP contribution in [0.1, 0.15) is 51.4 Å². The van der Waals surface area contributed by atoms with E-state index in [0.717, 1.165) is 4.90 Å². The lowest BCUT2D eigenvalue weighted by atomic mass is 9.96. The van der Waals surface area contributed by atoms with Gasteiger partial charge in [0.2, 0.25) is 5.95 Å². The summed E-state index contributed by atoms with van der Waals surface area (Å²) >= 11 is 0. The molecule has 43 heavy (non-hydrogen) atoms. The quantitative estimate of drug-likeness (QED) is 0.300. The summed E-state index contributed by atoms with van der Waals surface area (Å²) in [6.45, 7) is 11.3. The van der Waals surface area contributed by atoms with Crippen LogP contribution >= 0.6 is 0 Å². The number of carbonyl (C=O) groups excluding carboxylic acids is 1. The molecular formula is C30H33F2N7O4. The van der Waals surface area contributed by atoms with E-state index in [1.165, 1.54) is 33.8 Å². The predicted molar refractivity (Wildman–Crippen MR) is 157 cm³/mol. The molecule has 0 unspecified atom stereocenters. The first-order valence-electron chi connectivity index (χ1n) is 13.6. The van der Waals surface area contributed by atoms with Gasteiger partial charge >= 0.3 is 6.09 Å². The summed E-state index contributed by atoms with van der Waals surface area (Å²) in [4.78, 5) is 40.3. The molecule has 1 aliphatic heterocycles. The number of halogens is 2. The average molecular weight is 594 g/mol. The van der Waals surface area contributed by atoms with Crippen LogP contribution in [-0.2, 0) is 29.3 Å². The summed E-state index contributed by atoms with van der Waals surface area (Å²) in [6, 6.07) is 9.38. The number of nitrogens with zero attached hydrogens (tertiary/aromatic N) is 6. The molecule has 1 amide bonds. The van der Waals surface area contributed by atoms with Crippen LogP contribution in [0.15, 0.2) is 60.0 Å². The molecule has 13 heteroatoms. The number of allylic oxidation sites excluding steroid dienone is 1. The van der Waals surface area contributed by atoms with Crippen LogP contribution < -0.4 is 10.9 Å². The van der Waals surface area contributed by atoms with Crippen molar-refractivity contribution in [2.24, 2.45) is 0 Å². The van der Waals surface area contributed by atoms with Crippen LogP contribution in [0.25, 0.3) is 16.9 Å². The molecule has 0 saturated carbocycles. The maximum atomic E-state index is 15.0. The van der Waals surface area contributed by atoms with Crippen molar-refractivity contribution in [1.29, 1.82) is 0 Å². The van der Waals surface area contributed by atoms with Crippen molar-refractivity contribution in [3.8, 4) is 5.82 Å². The molecule has 226 valence electrons. The van der Waals surface area contributed by atoms with Crippen molar-refractivity contribution in [1.82, 2.24) is 29.2 Å². The van der Waals surface area contributed by atoms with Gasteiger partial charge in [-0.2, -0.15) is 13.8 Å². The summed E-state index contributed by atoms with van der Waals surface area (Å²) in [5.41, 5.74) is -1.32. The zero-order valence-corrected chi connectivity index (χ0v) is 24.6. The number of hydrogen-bond donors (Lipinski definition) is 2. The number of rotatable bonds is 6. The van der Waals surface area contributed by atoms with Crippen molar-refractivity contribution in [2.75, 3.05) is 11.9 Å². The van der Waals surface area contributed by atoms with Crippen LogP contribution in [0, 0.1) is 0 Å². The lowest BCUT2D eigenvalue weighted by Crippen LogP contribution is -2.45. The van der Waals surface area contributed by atoms with Crippen molar-refractivity contribution < 1.29 is 23.4 Å². The first-order chi connectivity index (χ1) is 20.1. The zero-order chi connectivity index (χ0) is 31.3. The number of pyridine rings is 1. The number of ether oxygens (including phenoxy) is 1. The Hall–Kier alpha value is -4.65. The van der Waals surface area contributed by atoms with Gasteiger partial charge in [0.25, 0.3) is 11.5 Å². The van der Waals surface area contributed by atoms with E-state index < -0.39 is 29.8 Å². The highest BCUT2D eigenvalue weighted by atomic mass is 19.3. The summed E-state index contributed by atoms with van der Waals surface area (Å²) < 4.78 is 38.3. The third kappa shape index (κ3) is 5.98. The average Bonchev–Trinajstić information content (AvgIpc) is 3.17. The fraction of sp³-hybridized carbons (Fsp3) is 0.367. The van der Waals surface area contributed by atoms with E-state index in [4.69, 9.17) is 4.74 Å². The Balaban J connectivity index is 1.53. The molecule has 11 nitrogen and oxygen atoms in total. The van der Waals surface area contributed by atoms with Gasteiger partial charge < -0.3 is 15.2 Å². The number of aliphatic hydroxyl groups is 1. The van der Waals surface area contributed by atoms with E-state index in [1.54, 1.807) is 58.9 Å². The molecule has 0 atom stereocenters. The minimum Gasteiger partial charge on any atom is -0.444 e. The Labute approximate surface area is 246 Å². The first kappa shape index (κ1) is 29.8. The molecule has 4 heterocycles. The molecule has 0 radical (unpaired) electrons. The number of carbonyl (C=O) groups is 1. The van der Waals surface area contributed by atoms with E-state index in [9.17, 15) is 14.7 Å². The second-order valence-corrected chi connectivity index (χ2v) is 11.9. The topological polar surface area (TPSA) is 127 Å². The third-order valence-electron chi connectivity index (χ3n) is 6.71. The van der Waals surface area contributed by atoms with Gasteiger partial charge in [0, 0.05) is 24.0 Å². The van der Waals surface area contributed by atoms with Gasteiger partial charge in [-0.1, -0.05) is 18.2 Å². The molecule has 4 aromatic rings. The van der Waals surface area contributed by atoms with Crippen molar-refractivity contribution in [2.45, 2.75) is 64.8 Å². The summed E-state index contributed by atoms with van der Waals surface area (Å²) in [5.74, 6) is -2.83. The fourth-order valence-electron chi connectivity index (χ4n) is 4.82. The van der Waals surface area contributed by atoms with Crippen LogP contribution in [0.2, 0.25) is 0 Å².